The smallest absolute Gasteiger partial charge is 0.278 e. The van der Waals surface area contributed by atoms with E-state index in [2.05, 4.69) is 20.2 Å². The number of fused-ring (bicyclic) bond motifs is 2. The molecular formula is C16H9F6N5. The van der Waals surface area contributed by atoms with Crippen LogP contribution in [0.1, 0.15) is 17.1 Å². The van der Waals surface area contributed by atoms with Crippen molar-refractivity contribution in [2.75, 3.05) is 0 Å². The lowest BCUT2D eigenvalue weighted by molar-refractivity contribution is -0.145. The summed E-state index contributed by atoms with van der Waals surface area (Å²) >= 11 is 0. The largest absolute Gasteiger partial charge is 0.450 e. The van der Waals surface area contributed by atoms with Crippen molar-refractivity contribution in [2.45, 2.75) is 19.3 Å². The topological polar surface area (TPSA) is 59.4 Å². The number of nitrogens with zero attached hydrogens (tertiary/aromatic N) is 4. The molecule has 27 heavy (non-hydrogen) atoms. The first-order valence-electron chi connectivity index (χ1n) is 7.54. The summed E-state index contributed by atoms with van der Waals surface area (Å²) in [4.78, 5) is 6.87. The molecule has 0 unspecified atom stereocenters. The fourth-order valence-corrected chi connectivity index (χ4v) is 2.89. The van der Waals surface area contributed by atoms with Crippen molar-refractivity contribution in [3.05, 3.63) is 47.5 Å². The van der Waals surface area contributed by atoms with Gasteiger partial charge in [-0.15, -0.1) is 0 Å². The van der Waals surface area contributed by atoms with Gasteiger partial charge in [0.25, 0.3) is 0 Å². The molecule has 0 atom stereocenters. The number of imidazole rings is 1. The van der Waals surface area contributed by atoms with Crippen molar-refractivity contribution in [1.29, 1.82) is 0 Å². The van der Waals surface area contributed by atoms with Crippen LogP contribution < -0.4 is 0 Å². The summed E-state index contributed by atoms with van der Waals surface area (Å²) in [6.07, 6.45) is -8.28. The highest BCUT2D eigenvalue weighted by molar-refractivity contribution is 5.85. The van der Waals surface area contributed by atoms with E-state index >= 15 is 0 Å². The quantitative estimate of drug-likeness (QED) is 0.486. The Morgan fingerprint density at radius 2 is 1.70 bits per heavy atom. The van der Waals surface area contributed by atoms with Gasteiger partial charge in [0.15, 0.2) is 5.65 Å². The van der Waals surface area contributed by atoms with Crippen molar-refractivity contribution in [1.82, 2.24) is 24.7 Å². The number of benzene rings is 1. The van der Waals surface area contributed by atoms with E-state index in [1.807, 2.05) is 0 Å². The zero-order chi connectivity index (χ0) is 19.6. The number of aromatic amines is 1. The molecule has 1 aromatic carbocycles. The Hall–Kier alpha value is -3.11. The average molecular weight is 385 g/mol. The molecular weight excluding hydrogens is 376 g/mol. The number of aryl methyl sites for hydroxylation is 1. The van der Waals surface area contributed by atoms with Crippen molar-refractivity contribution < 1.29 is 26.3 Å². The third-order valence-corrected chi connectivity index (χ3v) is 4.04. The summed E-state index contributed by atoms with van der Waals surface area (Å²) in [5.74, 6) is -1.36. The minimum atomic E-state index is -4.89. The fraction of sp³-hybridized carbons (Fsp3) is 0.188. The summed E-state index contributed by atoms with van der Waals surface area (Å²) in [7, 11) is 0. The maximum absolute atomic E-state index is 13.5. The zero-order valence-electron chi connectivity index (χ0n) is 13.4. The van der Waals surface area contributed by atoms with E-state index in [1.54, 1.807) is 6.92 Å². The highest BCUT2D eigenvalue weighted by Crippen LogP contribution is 2.36. The summed E-state index contributed by atoms with van der Waals surface area (Å²) in [6, 6.07) is 4.26. The monoisotopic (exact) mass is 385 g/mol. The minimum absolute atomic E-state index is 0.0111. The maximum Gasteiger partial charge on any atom is 0.450 e. The first-order valence-corrected chi connectivity index (χ1v) is 7.54. The minimum Gasteiger partial charge on any atom is -0.278 e. The van der Waals surface area contributed by atoms with Gasteiger partial charge in [0.1, 0.15) is 11.2 Å². The molecule has 0 saturated carbocycles. The lowest BCUT2D eigenvalue weighted by Crippen LogP contribution is -2.15. The Kier molecular flexibility index (Phi) is 3.49. The molecule has 0 fully saturated rings. The number of alkyl halides is 6. The first-order chi connectivity index (χ1) is 12.6. The molecule has 0 radical (unpaired) electrons. The lowest BCUT2D eigenvalue weighted by atomic mass is 10.1. The number of hydrogen-bond acceptors (Lipinski definition) is 3. The average Bonchev–Trinajstić information content (AvgIpc) is 3.17. The van der Waals surface area contributed by atoms with Gasteiger partial charge in [-0.3, -0.25) is 9.67 Å². The van der Waals surface area contributed by atoms with E-state index in [1.165, 1.54) is 18.3 Å². The predicted octanol–water partition coefficient (Wildman–Crippen LogP) is 4.64. The van der Waals surface area contributed by atoms with Gasteiger partial charge in [-0.1, -0.05) is 0 Å². The van der Waals surface area contributed by atoms with Gasteiger partial charge >= 0.3 is 12.4 Å². The van der Waals surface area contributed by atoms with Gasteiger partial charge < -0.3 is 0 Å². The van der Waals surface area contributed by atoms with Gasteiger partial charge in [0, 0.05) is 5.39 Å². The Labute approximate surface area is 146 Å². The molecule has 4 aromatic rings. The number of nitrogens with one attached hydrogen (secondary N) is 1. The molecule has 3 heterocycles. The normalized spacial score (nSPS) is 13.0. The van der Waals surface area contributed by atoms with Gasteiger partial charge in [0.2, 0.25) is 5.82 Å². The number of hydrogen-bond donors (Lipinski definition) is 1. The molecule has 0 spiro atoms. The van der Waals surface area contributed by atoms with Crippen LogP contribution in [0.5, 0.6) is 0 Å². The summed E-state index contributed by atoms with van der Waals surface area (Å²) in [5, 5.41) is 7.04. The SMILES string of the molecule is Cc1cc(-n2c(C(F)(F)F)nc3ccc(C(F)(F)F)nc32)cc2cn[nH]c12. The number of aromatic nitrogens is 5. The third-order valence-electron chi connectivity index (χ3n) is 4.04. The molecule has 5 nitrogen and oxygen atoms in total. The molecule has 0 aliphatic heterocycles. The molecule has 4 rings (SSSR count). The van der Waals surface area contributed by atoms with Gasteiger partial charge in [-0.05, 0) is 36.8 Å². The van der Waals surface area contributed by atoms with Crippen LogP contribution in [0, 0.1) is 6.92 Å². The number of H-pyrrole nitrogens is 1. The molecule has 0 amide bonds. The van der Waals surface area contributed by atoms with Gasteiger partial charge in [0.05, 0.1) is 17.4 Å². The summed E-state index contributed by atoms with van der Waals surface area (Å²) in [6.45, 7) is 1.64. The second-order valence-electron chi connectivity index (χ2n) is 5.90. The Morgan fingerprint density at radius 1 is 0.963 bits per heavy atom. The Balaban J connectivity index is 2.09. The Morgan fingerprint density at radius 3 is 2.37 bits per heavy atom. The van der Waals surface area contributed by atoms with E-state index in [0.29, 0.717) is 27.1 Å². The number of pyridine rings is 1. The standard InChI is InChI=1S/C16H9F6N5/c1-7-4-9(5-8-6-23-26-12(7)8)27-13-10(24-14(27)16(20,21)22)2-3-11(25-13)15(17,18)19/h2-6H,1H3,(H,23,26). The second-order valence-corrected chi connectivity index (χ2v) is 5.90. The van der Waals surface area contributed by atoms with Crippen LogP contribution in [0.2, 0.25) is 0 Å². The van der Waals surface area contributed by atoms with Crippen molar-refractivity contribution >= 4 is 22.1 Å². The molecule has 3 aromatic heterocycles. The van der Waals surface area contributed by atoms with Crippen LogP contribution in [0.4, 0.5) is 26.3 Å². The van der Waals surface area contributed by atoms with Crippen LogP contribution in [0.15, 0.2) is 30.5 Å². The molecule has 11 heteroatoms. The van der Waals surface area contributed by atoms with Crippen LogP contribution in [-0.4, -0.2) is 24.7 Å². The predicted molar refractivity (Wildman–Crippen MR) is 83.3 cm³/mol. The highest BCUT2D eigenvalue weighted by atomic mass is 19.4. The number of halogens is 6. The third kappa shape index (κ3) is 2.78. The van der Waals surface area contributed by atoms with E-state index in [9.17, 15) is 26.3 Å². The first kappa shape index (κ1) is 17.3. The molecule has 0 aliphatic carbocycles. The van der Waals surface area contributed by atoms with Crippen molar-refractivity contribution in [3.8, 4) is 5.69 Å². The van der Waals surface area contributed by atoms with Gasteiger partial charge in [-0.2, -0.15) is 31.4 Å². The fourth-order valence-electron chi connectivity index (χ4n) is 2.89. The van der Waals surface area contributed by atoms with Crippen LogP contribution in [0.3, 0.4) is 0 Å². The van der Waals surface area contributed by atoms with Gasteiger partial charge in [-0.25, -0.2) is 9.97 Å². The highest BCUT2D eigenvalue weighted by Gasteiger charge is 2.40. The molecule has 140 valence electrons. The molecule has 0 saturated heterocycles. The van der Waals surface area contributed by atoms with Crippen LogP contribution in [-0.2, 0) is 12.4 Å². The van der Waals surface area contributed by atoms with E-state index in [0.717, 1.165) is 6.07 Å². The Bertz CT molecular complexity index is 1170. The molecule has 0 bridgehead atoms. The zero-order valence-corrected chi connectivity index (χ0v) is 13.4. The molecule has 1 N–H and O–H groups in total. The van der Waals surface area contributed by atoms with Crippen LogP contribution in [0.25, 0.3) is 27.8 Å². The maximum atomic E-state index is 13.5. The number of rotatable bonds is 1. The van der Waals surface area contributed by atoms with Crippen molar-refractivity contribution in [3.63, 3.8) is 0 Å². The second kappa shape index (κ2) is 5.44. The summed E-state index contributed by atoms with van der Waals surface area (Å²) < 4.78 is 80.1. The van der Waals surface area contributed by atoms with E-state index in [-0.39, 0.29) is 11.2 Å². The summed E-state index contributed by atoms with van der Waals surface area (Å²) in [5.41, 5.74) is -0.948. The van der Waals surface area contributed by atoms with E-state index in [4.69, 9.17) is 0 Å². The van der Waals surface area contributed by atoms with Crippen LogP contribution >= 0.6 is 0 Å². The lowest BCUT2D eigenvalue weighted by Gasteiger charge is -2.13. The molecule has 0 aliphatic rings. The van der Waals surface area contributed by atoms with E-state index < -0.39 is 29.5 Å². The van der Waals surface area contributed by atoms with Crippen molar-refractivity contribution in [2.24, 2.45) is 0 Å².